The van der Waals surface area contributed by atoms with Crippen LogP contribution in [0, 0.1) is 0 Å². The third kappa shape index (κ3) is 3.86. The fourth-order valence-electron chi connectivity index (χ4n) is 3.75. The van der Waals surface area contributed by atoms with Crippen LogP contribution in [0.1, 0.15) is 24.6 Å². The van der Waals surface area contributed by atoms with Gasteiger partial charge >= 0.3 is 0 Å². The maximum absolute atomic E-state index is 12.0. The van der Waals surface area contributed by atoms with Crippen LogP contribution in [0.25, 0.3) is 0 Å². The number of likely N-dealkylation sites (tertiary alicyclic amines) is 1. The van der Waals surface area contributed by atoms with Gasteiger partial charge in [0.1, 0.15) is 12.4 Å². The van der Waals surface area contributed by atoms with Crippen LogP contribution < -0.4 is 4.74 Å². The number of aromatic nitrogens is 2. The highest BCUT2D eigenvalue weighted by Crippen LogP contribution is 2.24. The molecule has 3 heterocycles. The van der Waals surface area contributed by atoms with Gasteiger partial charge in [-0.15, -0.1) is 0 Å². The second-order valence-electron chi connectivity index (χ2n) is 6.93. The predicted molar refractivity (Wildman–Crippen MR) is 99.3 cm³/mol. The molecule has 1 fully saturated rings. The molecule has 2 aliphatic rings. The van der Waals surface area contributed by atoms with Gasteiger partial charge in [-0.2, -0.15) is 0 Å². The first-order chi connectivity index (χ1) is 12.7. The molecule has 6 nitrogen and oxygen atoms in total. The molecular weight excluding hydrogens is 352 g/mol. The molecular formula is C19H23ClN4O2. The van der Waals surface area contributed by atoms with Gasteiger partial charge in [-0.25, -0.2) is 4.98 Å². The van der Waals surface area contributed by atoms with Crippen LogP contribution in [0.3, 0.4) is 0 Å². The van der Waals surface area contributed by atoms with Gasteiger partial charge in [0.05, 0.1) is 18.1 Å². The number of amides is 1. The Labute approximate surface area is 158 Å². The number of carbonyl (C=O) groups excluding carboxylic acids is 1. The molecule has 1 amide bonds. The molecule has 2 aliphatic heterocycles. The number of ether oxygens (including phenoxy) is 1. The molecule has 7 heteroatoms. The summed E-state index contributed by atoms with van der Waals surface area (Å²) in [4.78, 5) is 20.7. The molecule has 0 N–H and O–H groups in total. The molecule has 0 radical (unpaired) electrons. The monoisotopic (exact) mass is 374 g/mol. The minimum Gasteiger partial charge on any atom is -0.492 e. The van der Waals surface area contributed by atoms with E-state index in [1.54, 1.807) is 0 Å². The van der Waals surface area contributed by atoms with E-state index in [1.165, 1.54) is 5.69 Å². The van der Waals surface area contributed by atoms with E-state index in [2.05, 4.69) is 14.5 Å². The molecule has 1 aromatic heterocycles. The molecule has 0 unspecified atom stereocenters. The van der Waals surface area contributed by atoms with Crippen molar-refractivity contribution in [1.29, 1.82) is 0 Å². The van der Waals surface area contributed by atoms with Gasteiger partial charge in [-0.3, -0.25) is 9.69 Å². The number of imidazole rings is 1. The first-order valence-corrected chi connectivity index (χ1v) is 9.46. The minimum atomic E-state index is 0.249. The first-order valence-electron chi connectivity index (χ1n) is 9.08. The smallest absolute Gasteiger partial charge is 0.222 e. The zero-order valence-electron chi connectivity index (χ0n) is 14.7. The van der Waals surface area contributed by atoms with Crippen molar-refractivity contribution in [3.05, 3.63) is 47.5 Å². The summed E-state index contributed by atoms with van der Waals surface area (Å²) in [5, 5.41) is 0.709. The highest BCUT2D eigenvalue weighted by molar-refractivity contribution is 6.30. The topological polar surface area (TPSA) is 50.6 Å². The van der Waals surface area contributed by atoms with Crippen LogP contribution in [0.5, 0.6) is 5.75 Å². The number of carbonyl (C=O) groups is 1. The van der Waals surface area contributed by atoms with Crippen molar-refractivity contribution >= 4 is 17.5 Å². The number of hydrogen-bond donors (Lipinski definition) is 0. The zero-order valence-corrected chi connectivity index (χ0v) is 15.4. The average Bonchev–Trinajstić information content (AvgIpc) is 3.26. The van der Waals surface area contributed by atoms with Gasteiger partial charge in [0.2, 0.25) is 5.91 Å². The highest BCUT2D eigenvalue weighted by Gasteiger charge is 2.29. The van der Waals surface area contributed by atoms with Crippen molar-refractivity contribution < 1.29 is 9.53 Å². The van der Waals surface area contributed by atoms with E-state index in [0.29, 0.717) is 18.1 Å². The number of rotatable bonds is 6. The Kier molecular flexibility index (Phi) is 5.13. The average molecular weight is 375 g/mol. The van der Waals surface area contributed by atoms with Gasteiger partial charge in [0.15, 0.2) is 0 Å². The highest BCUT2D eigenvalue weighted by atomic mass is 35.5. The maximum Gasteiger partial charge on any atom is 0.222 e. The Morgan fingerprint density at radius 2 is 2.12 bits per heavy atom. The van der Waals surface area contributed by atoms with Gasteiger partial charge in [-0.05, 0) is 30.7 Å². The van der Waals surface area contributed by atoms with E-state index < -0.39 is 0 Å². The van der Waals surface area contributed by atoms with Crippen molar-refractivity contribution in [1.82, 2.24) is 19.4 Å². The summed E-state index contributed by atoms with van der Waals surface area (Å²) in [6.45, 7) is 4.84. The maximum atomic E-state index is 12.0. The van der Waals surface area contributed by atoms with Crippen molar-refractivity contribution in [2.24, 2.45) is 0 Å². The van der Waals surface area contributed by atoms with Gasteiger partial charge in [0.25, 0.3) is 0 Å². The molecule has 26 heavy (non-hydrogen) atoms. The Morgan fingerprint density at radius 1 is 1.27 bits per heavy atom. The molecule has 4 rings (SSSR count). The molecule has 1 saturated heterocycles. The number of nitrogens with zero attached hydrogens (tertiary/aromatic N) is 4. The minimum absolute atomic E-state index is 0.249. The normalized spacial score (nSPS) is 20.4. The van der Waals surface area contributed by atoms with E-state index in [0.717, 1.165) is 44.9 Å². The fraction of sp³-hybridized carbons (Fsp3) is 0.474. The Bertz CT molecular complexity index is 761. The van der Waals surface area contributed by atoms with Crippen molar-refractivity contribution in [3.8, 4) is 5.75 Å². The lowest BCUT2D eigenvalue weighted by molar-refractivity contribution is -0.128. The van der Waals surface area contributed by atoms with Crippen LogP contribution in [0.4, 0.5) is 0 Å². The van der Waals surface area contributed by atoms with E-state index in [1.807, 2.05) is 41.7 Å². The molecule has 0 aliphatic carbocycles. The standard InChI is InChI=1S/C19H23ClN4O2/c20-15-3-5-18(6-4-15)26-9-8-22-11-16-10-21-14-24(16)17(12-22)13-23-7-1-2-19(23)25/h3-6,10,14,17H,1-2,7-9,11-13H2/t17-/m0/s1. The second-order valence-corrected chi connectivity index (χ2v) is 7.36. The van der Waals surface area contributed by atoms with Crippen LogP contribution >= 0.6 is 11.6 Å². The summed E-state index contributed by atoms with van der Waals surface area (Å²) in [5.74, 6) is 1.10. The van der Waals surface area contributed by atoms with Crippen molar-refractivity contribution in [3.63, 3.8) is 0 Å². The van der Waals surface area contributed by atoms with Gasteiger partial charge in [-0.1, -0.05) is 11.6 Å². The summed E-state index contributed by atoms with van der Waals surface area (Å²) in [6, 6.07) is 7.68. The van der Waals surface area contributed by atoms with E-state index in [9.17, 15) is 4.79 Å². The van der Waals surface area contributed by atoms with Crippen molar-refractivity contribution in [2.75, 3.05) is 32.8 Å². The van der Waals surface area contributed by atoms with Gasteiger partial charge in [0, 0.05) is 50.4 Å². The summed E-state index contributed by atoms with van der Waals surface area (Å²) in [6.07, 6.45) is 5.47. The largest absolute Gasteiger partial charge is 0.492 e. The van der Waals surface area contributed by atoms with Crippen LogP contribution in [-0.4, -0.2) is 58.0 Å². The lowest BCUT2D eigenvalue weighted by Crippen LogP contribution is -2.43. The van der Waals surface area contributed by atoms with E-state index in [4.69, 9.17) is 16.3 Å². The lowest BCUT2D eigenvalue weighted by atomic mass is 10.1. The molecule has 138 valence electrons. The first kappa shape index (κ1) is 17.4. The number of hydrogen-bond acceptors (Lipinski definition) is 4. The summed E-state index contributed by atoms with van der Waals surface area (Å²) >= 11 is 5.90. The third-order valence-corrected chi connectivity index (χ3v) is 5.34. The Hall–Kier alpha value is -2.05. The lowest BCUT2D eigenvalue weighted by Gasteiger charge is -2.36. The van der Waals surface area contributed by atoms with E-state index in [-0.39, 0.29) is 11.9 Å². The van der Waals surface area contributed by atoms with Crippen LogP contribution in [0.15, 0.2) is 36.8 Å². The summed E-state index contributed by atoms with van der Waals surface area (Å²) in [5.41, 5.74) is 1.19. The zero-order chi connectivity index (χ0) is 17.9. The quantitative estimate of drug-likeness (QED) is 0.779. The summed E-state index contributed by atoms with van der Waals surface area (Å²) < 4.78 is 8.06. The predicted octanol–water partition coefficient (Wildman–Crippen LogP) is 2.59. The third-order valence-electron chi connectivity index (χ3n) is 5.09. The molecule has 2 aromatic rings. The number of benzene rings is 1. The van der Waals surface area contributed by atoms with Crippen LogP contribution in [-0.2, 0) is 11.3 Å². The fourth-order valence-corrected chi connectivity index (χ4v) is 3.88. The summed E-state index contributed by atoms with van der Waals surface area (Å²) in [7, 11) is 0. The van der Waals surface area contributed by atoms with Gasteiger partial charge < -0.3 is 14.2 Å². The molecule has 1 atom stereocenters. The van der Waals surface area contributed by atoms with E-state index >= 15 is 0 Å². The van der Waals surface area contributed by atoms with Crippen molar-refractivity contribution in [2.45, 2.75) is 25.4 Å². The SMILES string of the molecule is O=C1CCCN1C[C@@H]1CN(CCOc2ccc(Cl)cc2)Cc2cncn21. The molecule has 0 spiro atoms. The molecule has 1 aromatic carbocycles. The second kappa shape index (κ2) is 7.68. The number of fused-ring (bicyclic) bond motifs is 1. The molecule has 0 saturated carbocycles. The molecule has 0 bridgehead atoms. The Morgan fingerprint density at radius 3 is 2.88 bits per heavy atom. The van der Waals surface area contributed by atoms with Crippen LogP contribution in [0.2, 0.25) is 5.02 Å². The number of halogens is 1. The Balaban J connectivity index is 1.35.